The molecule has 0 saturated carbocycles. The second-order valence-electron chi connectivity index (χ2n) is 5.60. The Morgan fingerprint density at radius 3 is 2.38 bits per heavy atom. The molecule has 1 atom stereocenters. The van der Waals surface area contributed by atoms with Gasteiger partial charge in [0.2, 0.25) is 6.04 Å². The second-order valence-corrected chi connectivity index (χ2v) is 5.60. The zero-order valence-corrected chi connectivity index (χ0v) is 13.9. The minimum Gasteiger partial charge on any atom is -0.397 e. The maximum Gasteiger partial charge on any atom is 0.258 e. The topological polar surface area (TPSA) is 96.9 Å². The number of nitrogens with zero attached hydrogens (tertiary/aromatic N) is 2. The molecule has 0 saturated heterocycles. The van der Waals surface area contributed by atoms with Gasteiger partial charge in [0.25, 0.3) is 5.91 Å². The van der Waals surface area contributed by atoms with Gasteiger partial charge in [0.1, 0.15) is 5.69 Å². The van der Waals surface area contributed by atoms with E-state index in [-0.39, 0.29) is 0 Å². The average Bonchev–Trinajstić information content (AvgIpc) is 2.50. The molecule has 0 aromatic heterocycles. The number of carbonyl (C=O) groups excluding carboxylic acids is 2. The van der Waals surface area contributed by atoms with Crippen molar-refractivity contribution in [1.82, 2.24) is 0 Å². The van der Waals surface area contributed by atoms with Gasteiger partial charge in [0.05, 0.1) is 5.69 Å². The quantitative estimate of drug-likeness (QED) is 0.500. The summed E-state index contributed by atoms with van der Waals surface area (Å²) in [5.41, 5.74) is 9.31. The minimum atomic E-state index is -1.22. The van der Waals surface area contributed by atoms with Crippen LogP contribution in [0.15, 0.2) is 52.7 Å². The van der Waals surface area contributed by atoms with Gasteiger partial charge in [0, 0.05) is 5.69 Å². The van der Waals surface area contributed by atoms with Gasteiger partial charge in [0.15, 0.2) is 5.78 Å². The lowest BCUT2D eigenvalue weighted by atomic mass is 10.1. The molecular formula is C18H20N4O2. The van der Waals surface area contributed by atoms with Crippen LogP contribution in [0, 0.1) is 13.8 Å². The number of ketones is 1. The van der Waals surface area contributed by atoms with E-state index < -0.39 is 17.7 Å². The van der Waals surface area contributed by atoms with Gasteiger partial charge in [-0.3, -0.25) is 9.59 Å². The summed E-state index contributed by atoms with van der Waals surface area (Å²) >= 11 is 0. The lowest BCUT2D eigenvalue weighted by Crippen LogP contribution is -2.31. The van der Waals surface area contributed by atoms with E-state index in [1.807, 2.05) is 26.0 Å². The maximum absolute atomic E-state index is 12.3. The molecule has 6 heteroatoms. The molecule has 24 heavy (non-hydrogen) atoms. The molecule has 0 aliphatic carbocycles. The molecule has 6 nitrogen and oxygen atoms in total. The van der Waals surface area contributed by atoms with E-state index in [1.54, 1.807) is 30.3 Å². The highest BCUT2D eigenvalue weighted by Gasteiger charge is 2.23. The first-order chi connectivity index (χ1) is 11.4. The number of benzene rings is 2. The van der Waals surface area contributed by atoms with Gasteiger partial charge < -0.3 is 11.1 Å². The SMILES string of the molecule is CC(=O)C(N=Nc1c(C)cc(C)cc1N)C(=O)Nc1ccccc1. The number of carbonyl (C=O) groups is 2. The van der Waals surface area contributed by atoms with Crippen molar-refractivity contribution < 1.29 is 9.59 Å². The van der Waals surface area contributed by atoms with Crippen LogP contribution >= 0.6 is 0 Å². The highest BCUT2D eigenvalue weighted by Crippen LogP contribution is 2.28. The first-order valence-electron chi connectivity index (χ1n) is 7.52. The highest BCUT2D eigenvalue weighted by atomic mass is 16.2. The fourth-order valence-corrected chi connectivity index (χ4v) is 2.30. The van der Waals surface area contributed by atoms with Gasteiger partial charge in [-0.15, -0.1) is 0 Å². The van der Waals surface area contributed by atoms with Crippen LogP contribution in [-0.4, -0.2) is 17.7 Å². The molecule has 0 spiro atoms. The number of nitrogens with two attached hydrogens (primary N) is 1. The molecule has 0 bridgehead atoms. The molecule has 0 radical (unpaired) electrons. The molecule has 0 heterocycles. The average molecular weight is 324 g/mol. The third-order valence-electron chi connectivity index (χ3n) is 3.42. The van der Waals surface area contributed by atoms with Crippen molar-refractivity contribution in [2.24, 2.45) is 10.2 Å². The van der Waals surface area contributed by atoms with Crippen LogP contribution in [0.3, 0.4) is 0 Å². The Kier molecular flexibility index (Phi) is 5.42. The molecule has 124 valence electrons. The molecule has 0 aliphatic rings. The summed E-state index contributed by atoms with van der Waals surface area (Å²) in [7, 11) is 0. The van der Waals surface area contributed by atoms with Crippen molar-refractivity contribution in [2.45, 2.75) is 26.8 Å². The summed E-state index contributed by atoms with van der Waals surface area (Å²) in [6, 6.07) is 11.3. The molecule has 0 aliphatic heterocycles. The summed E-state index contributed by atoms with van der Waals surface area (Å²) in [6.07, 6.45) is 0. The van der Waals surface area contributed by atoms with Crippen LogP contribution in [0.2, 0.25) is 0 Å². The van der Waals surface area contributed by atoms with E-state index in [0.29, 0.717) is 17.1 Å². The Bertz CT molecular complexity index is 762. The van der Waals surface area contributed by atoms with Gasteiger partial charge in [-0.05, 0) is 50.1 Å². The molecule has 1 unspecified atom stereocenters. The fourth-order valence-electron chi connectivity index (χ4n) is 2.30. The zero-order chi connectivity index (χ0) is 17.7. The fraction of sp³-hybridized carbons (Fsp3) is 0.222. The lowest BCUT2D eigenvalue weighted by molar-refractivity contribution is -0.126. The number of azo groups is 1. The minimum absolute atomic E-state index is 0.393. The summed E-state index contributed by atoms with van der Waals surface area (Å²) in [5.74, 6) is -0.920. The third-order valence-corrected chi connectivity index (χ3v) is 3.42. The number of nitrogens with one attached hydrogen (secondary N) is 1. The number of nitrogen functional groups attached to an aromatic ring is 1. The largest absolute Gasteiger partial charge is 0.397 e. The van der Waals surface area contributed by atoms with E-state index in [0.717, 1.165) is 11.1 Å². The third kappa shape index (κ3) is 4.25. The number of anilines is 2. The molecule has 2 aromatic rings. The Hall–Kier alpha value is -3.02. The van der Waals surface area contributed by atoms with Crippen LogP contribution in [0.4, 0.5) is 17.1 Å². The number of hydrogen-bond acceptors (Lipinski definition) is 5. The summed E-state index contributed by atoms with van der Waals surface area (Å²) in [4.78, 5) is 24.1. The second kappa shape index (κ2) is 7.50. The van der Waals surface area contributed by atoms with Crippen LogP contribution in [0.5, 0.6) is 0 Å². The molecule has 0 fully saturated rings. The number of amides is 1. The first-order valence-corrected chi connectivity index (χ1v) is 7.52. The van der Waals surface area contributed by atoms with Crippen LogP contribution in [0.1, 0.15) is 18.1 Å². The van der Waals surface area contributed by atoms with E-state index in [9.17, 15) is 9.59 Å². The Labute approximate surface area is 140 Å². The normalized spacial score (nSPS) is 12.1. The predicted molar refractivity (Wildman–Crippen MR) is 94.4 cm³/mol. The molecule has 1 amide bonds. The number of rotatable bonds is 5. The first kappa shape index (κ1) is 17.3. The van der Waals surface area contributed by atoms with Gasteiger partial charge in [-0.1, -0.05) is 24.3 Å². The summed E-state index contributed by atoms with van der Waals surface area (Å²) in [6.45, 7) is 5.08. The van der Waals surface area contributed by atoms with Gasteiger partial charge >= 0.3 is 0 Å². The monoisotopic (exact) mass is 324 g/mol. The Morgan fingerprint density at radius 2 is 1.79 bits per heavy atom. The van der Waals surface area contributed by atoms with Crippen molar-refractivity contribution in [3.8, 4) is 0 Å². The van der Waals surface area contributed by atoms with Crippen molar-refractivity contribution in [2.75, 3.05) is 11.1 Å². The van der Waals surface area contributed by atoms with Crippen LogP contribution < -0.4 is 11.1 Å². The Balaban J connectivity index is 2.23. The van der Waals surface area contributed by atoms with Crippen molar-refractivity contribution in [1.29, 1.82) is 0 Å². The van der Waals surface area contributed by atoms with Gasteiger partial charge in [-0.2, -0.15) is 10.2 Å². The number of Topliss-reactive ketones (excluding diaryl/α,β-unsaturated/α-hetero) is 1. The van der Waals surface area contributed by atoms with E-state index in [1.165, 1.54) is 6.92 Å². The van der Waals surface area contributed by atoms with Gasteiger partial charge in [-0.25, -0.2) is 0 Å². The number of para-hydroxylation sites is 1. The molecule has 2 aromatic carbocycles. The standard InChI is InChI=1S/C18H20N4O2/c1-11-9-12(2)16(15(19)10-11)21-22-17(13(3)23)18(24)20-14-7-5-4-6-8-14/h4-10,17H,19H2,1-3H3,(H,20,24). The molecule has 3 N–H and O–H groups in total. The number of aryl methyl sites for hydroxylation is 2. The molecule has 2 rings (SSSR count). The predicted octanol–water partition coefficient (Wildman–Crippen LogP) is 3.57. The lowest BCUT2D eigenvalue weighted by Gasteiger charge is -2.10. The maximum atomic E-state index is 12.3. The smallest absolute Gasteiger partial charge is 0.258 e. The number of hydrogen-bond donors (Lipinski definition) is 2. The van der Waals surface area contributed by atoms with E-state index in [4.69, 9.17) is 5.73 Å². The van der Waals surface area contributed by atoms with E-state index in [2.05, 4.69) is 15.5 Å². The van der Waals surface area contributed by atoms with Crippen LogP contribution in [-0.2, 0) is 9.59 Å². The zero-order valence-electron chi connectivity index (χ0n) is 13.9. The van der Waals surface area contributed by atoms with Crippen LogP contribution in [0.25, 0.3) is 0 Å². The summed E-state index contributed by atoms with van der Waals surface area (Å²) in [5, 5.41) is 10.6. The van der Waals surface area contributed by atoms with E-state index >= 15 is 0 Å². The van der Waals surface area contributed by atoms with Crippen molar-refractivity contribution in [3.05, 3.63) is 53.6 Å². The summed E-state index contributed by atoms with van der Waals surface area (Å²) < 4.78 is 0. The highest BCUT2D eigenvalue weighted by molar-refractivity contribution is 6.10. The van der Waals surface area contributed by atoms with Crippen molar-refractivity contribution >= 4 is 28.8 Å². The molecular weight excluding hydrogens is 304 g/mol. The Morgan fingerprint density at radius 1 is 1.12 bits per heavy atom. The van der Waals surface area contributed by atoms with Crippen molar-refractivity contribution in [3.63, 3.8) is 0 Å².